The number of carbonyl (C=O) groups is 1. The molecule has 1 aliphatic heterocycles. The smallest absolute Gasteiger partial charge is 0.255 e. The van der Waals surface area contributed by atoms with Gasteiger partial charge in [-0.1, -0.05) is 13.3 Å². The van der Waals surface area contributed by atoms with Crippen molar-refractivity contribution in [2.45, 2.75) is 39.0 Å². The zero-order valence-corrected chi connectivity index (χ0v) is 12.6. The van der Waals surface area contributed by atoms with Gasteiger partial charge in [-0.2, -0.15) is 0 Å². The van der Waals surface area contributed by atoms with E-state index in [4.69, 9.17) is 0 Å². The third-order valence-corrected chi connectivity index (χ3v) is 3.89. The van der Waals surface area contributed by atoms with Crippen LogP contribution < -0.4 is 4.90 Å². The molecular formula is C16H25N3O. The van der Waals surface area contributed by atoms with Gasteiger partial charge in [0.1, 0.15) is 0 Å². The Balaban J connectivity index is 2.06. The third-order valence-electron chi connectivity index (χ3n) is 3.89. The Morgan fingerprint density at radius 2 is 2.05 bits per heavy atom. The highest BCUT2D eigenvalue weighted by molar-refractivity contribution is 5.94. The molecule has 20 heavy (non-hydrogen) atoms. The number of nitrogens with zero attached hydrogens (tertiary/aromatic N) is 3. The normalized spacial score (nSPS) is 15.2. The van der Waals surface area contributed by atoms with Crippen LogP contribution in [0.3, 0.4) is 0 Å². The minimum absolute atomic E-state index is 0.0739. The summed E-state index contributed by atoms with van der Waals surface area (Å²) in [5.74, 6) is 0.0739. The van der Waals surface area contributed by atoms with Gasteiger partial charge in [-0.05, 0) is 31.7 Å². The van der Waals surface area contributed by atoms with Crippen molar-refractivity contribution in [1.29, 1.82) is 0 Å². The molecule has 0 N–H and O–H groups in total. The summed E-state index contributed by atoms with van der Waals surface area (Å²) in [6, 6.07) is 1.99. The number of unbranched alkanes of at least 4 members (excludes halogenated alkanes) is 1. The summed E-state index contributed by atoms with van der Waals surface area (Å²) in [4.78, 5) is 20.7. The number of pyridine rings is 1. The highest BCUT2D eigenvalue weighted by Gasteiger charge is 2.15. The molecule has 4 heteroatoms. The molecule has 0 atom stereocenters. The van der Waals surface area contributed by atoms with Crippen LogP contribution in [0, 0.1) is 0 Å². The molecule has 1 aliphatic rings. The fourth-order valence-corrected chi connectivity index (χ4v) is 2.59. The molecule has 2 heterocycles. The Bertz CT molecular complexity index is 441. The molecule has 1 aromatic heterocycles. The second-order valence-electron chi connectivity index (χ2n) is 5.56. The van der Waals surface area contributed by atoms with Crippen molar-refractivity contribution in [2.75, 3.05) is 31.6 Å². The van der Waals surface area contributed by atoms with Gasteiger partial charge in [0.05, 0.1) is 17.4 Å². The summed E-state index contributed by atoms with van der Waals surface area (Å²) >= 11 is 0. The number of piperidine rings is 1. The topological polar surface area (TPSA) is 36.4 Å². The summed E-state index contributed by atoms with van der Waals surface area (Å²) in [6.45, 7) is 5.09. The van der Waals surface area contributed by atoms with Crippen LogP contribution in [0.1, 0.15) is 49.4 Å². The fourth-order valence-electron chi connectivity index (χ4n) is 2.59. The average Bonchev–Trinajstić information content (AvgIpc) is 2.53. The molecule has 0 aromatic carbocycles. The van der Waals surface area contributed by atoms with Crippen molar-refractivity contribution >= 4 is 11.6 Å². The Hall–Kier alpha value is -1.58. The lowest BCUT2D eigenvalue weighted by Crippen LogP contribution is -2.31. The molecule has 2 rings (SSSR count). The van der Waals surface area contributed by atoms with Crippen molar-refractivity contribution in [2.24, 2.45) is 0 Å². The lowest BCUT2D eigenvalue weighted by molar-refractivity contribution is 0.0793. The second-order valence-corrected chi connectivity index (χ2v) is 5.56. The van der Waals surface area contributed by atoms with Gasteiger partial charge in [-0.15, -0.1) is 0 Å². The summed E-state index contributed by atoms with van der Waals surface area (Å²) in [7, 11) is 1.87. The predicted molar refractivity (Wildman–Crippen MR) is 82.2 cm³/mol. The average molecular weight is 275 g/mol. The molecule has 1 fully saturated rings. The van der Waals surface area contributed by atoms with Crippen LogP contribution in [0.5, 0.6) is 0 Å². The van der Waals surface area contributed by atoms with Crippen LogP contribution in [-0.2, 0) is 0 Å². The minimum atomic E-state index is 0.0739. The minimum Gasteiger partial charge on any atom is -0.370 e. The van der Waals surface area contributed by atoms with E-state index in [1.807, 2.05) is 19.3 Å². The molecule has 4 nitrogen and oxygen atoms in total. The summed E-state index contributed by atoms with van der Waals surface area (Å²) in [5, 5.41) is 0. The molecule has 1 saturated heterocycles. The molecule has 1 amide bonds. The Morgan fingerprint density at radius 3 is 2.75 bits per heavy atom. The quantitative estimate of drug-likeness (QED) is 0.829. The first-order valence-corrected chi connectivity index (χ1v) is 7.68. The SMILES string of the molecule is CCCCN(C)C(=O)c1cncc(N2CCCCC2)c1. The Kier molecular flexibility index (Phi) is 5.39. The van der Waals surface area contributed by atoms with E-state index in [1.165, 1.54) is 19.3 Å². The van der Waals surface area contributed by atoms with Crippen molar-refractivity contribution in [3.63, 3.8) is 0 Å². The highest BCUT2D eigenvalue weighted by Crippen LogP contribution is 2.20. The van der Waals surface area contributed by atoms with Gasteiger partial charge >= 0.3 is 0 Å². The number of aromatic nitrogens is 1. The van der Waals surface area contributed by atoms with Crippen LogP contribution in [-0.4, -0.2) is 42.5 Å². The fraction of sp³-hybridized carbons (Fsp3) is 0.625. The van der Waals surface area contributed by atoms with Gasteiger partial charge in [-0.3, -0.25) is 9.78 Å². The van der Waals surface area contributed by atoms with Crippen molar-refractivity contribution < 1.29 is 4.79 Å². The van der Waals surface area contributed by atoms with Gasteiger partial charge in [0.2, 0.25) is 0 Å². The van der Waals surface area contributed by atoms with E-state index in [-0.39, 0.29) is 5.91 Å². The number of rotatable bonds is 5. The molecular weight excluding hydrogens is 250 g/mol. The summed E-state index contributed by atoms with van der Waals surface area (Å²) in [6.07, 6.45) is 9.46. The van der Waals surface area contributed by atoms with Crippen molar-refractivity contribution in [3.05, 3.63) is 24.0 Å². The lowest BCUT2D eigenvalue weighted by atomic mass is 10.1. The maximum Gasteiger partial charge on any atom is 0.255 e. The van der Waals surface area contributed by atoms with E-state index >= 15 is 0 Å². The Labute approximate surface area is 121 Å². The van der Waals surface area contributed by atoms with Gasteiger partial charge in [0.15, 0.2) is 0 Å². The van der Waals surface area contributed by atoms with E-state index in [0.717, 1.165) is 38.2 Å². The van der Waals surface area contributed by atoms with Gasteiger partial charge in [0, 0.05) is 32.9 Å². The first-order valence-electron chi connectivity index (χ1n) is 7.68. The highest BCUT2D eigenvalue weighted by atomic mass is 16.2. The summed E-state index contributed by atoms with van der Waals surface area (Å²) < 4.78 is 0. The maximum absolute atomic E-state index is 12.4. The van der Waals surface area contributed by atoms with E-state index < -0.39 is 0 Å². The van der Waals surface area contributed by atoms with E-state index in [9.17, 15) is 4.79 Å². The third kappa shape index (κ3) is 3.71. The molecule has 0 spiro atoms. The van der Waals surface area contributed by atoms with Crippen LogP contribution in [0.25, 0.3) is 0 Å². The zero-order valence-electron chi connectivity index (χ0n) is 12.6. The zero-order chi connectivity index (χ0) is 14.4. The van der Waals surface area contributed by atoms with Crippen LogP contribution in [0.2, 0.25) is 0 Å². The number of carbonyl (C=O) groups excluding carboxylic acids is 1. The maximum atomic E-state index is 12.4. The van der Waals surface area contributed by atoms with Crippen LogP contribution in [0.15, 0.2) is 18.5 Å². The molecule has 1 aromatic rings. The second kappa shape index (κ2) is 7.27. The first-order chi connectivity index (χ1) is 9.72. The van der Waals surface area contributed by atoms with E-state index in [2.05, 4.69) is 16.8 Å². The number of hydrogen-bond acceptors (Lipinski definition) is 3. The van der Waals surface area contributed by atoms with Crippen LogP contribution >= 0.6 is 0 Å². The van der Waals surface area contributed by atoms with E-state index in [1.54, 1.807) is 11.1 Å². The molecule has 0 radical (unpaired) electrons. The molecule has 0 bridgehead atoms. The van der Waals surface area contributed by atoms with Crippen molar-refractivity contribution in [1.82, 2.24) is 9.88 Å². The standard InChI is InChI=1S/C16H25N3O/c1-3-4-8-18(2)16(20)14-11-15(13-17-12-14)19-9-6-5-7-10-19/h11-13H,3-10H2,1-2H3. The van der Waals surface area contributed by atoms with Gasteiger partial charge < -0.3 is 9.80 Å². The molecule has 110 valence electrons. The monoisotopic (exact) mass is 275 g/mol. The number of amides is 1. The molecule has 0 saturated carbocycles. The lowest BCUT2D eigenvalue weighted by Gasteiger charge is -2.28. The molecule has 0 aliphatic carbocycles. The van der Waals surface area contributed by atoms with E-state index in [0.29, 0.717) is 5.56 Å². The number of anilines is 1. The summed E-state index contributed by atoms with van der Waals surface area (Å²) in [5.41, 5.74) is 1.78. The van der Waals surface area contributed by atoms with Gasteiger partial charge in [0.25, 0.3) is 5.91 Å². The van der Waals surface area contributed by atoms with Crippen molar-refractivity contribution in [3.8, 4) is 0 Å². The predicted octanol–water partition coefficient (Wildman–Crippen LogP) is 2.94. The van der Waals surface area contributed by atoms with Gasteiger partial charge in [-0.25, -0.2) is 0 Å². The first kappa shape index (κ1) is 14.8. The van der Waals surface area contributed by atoms with Crippen LogP contribution in [0.4, 0.5) is 5.69 Å². The largest absolute Gasteiger partial charge is 0.370 e. The molecule has 0 unspecified atom stereocenters. The Morgan fingerprint density at radius 1 is 1.30 bits per heavy atom. The number of hydrogen-bond donors (Lipinski definition) is 0.